The second-order valence-electron chi connectivity index (χ2n) is 5.65. The number of rotatable bonds is 3. The Morgan fingerprint density at radius 1 is 1.10 bits per heavy atom. The minimum Gasteiger partial charge on any atom is -0.348 e. The van der Waals surface area contributed by atoms with E-state index in [9.17, 15) is 4.79 Å². The number of benzene rings is 1. The number of carbonyl (C=O) groups is 1. The molecular weight excluding hydrogens is 262 g/mol. The van der Waals surface area contributed by atoms with Gasteiger partial charge in [-0.3, -0.25) is 9.36 Å². The monoisotopic (exact) mass is 283 g/mol. The molecule has 0 spiro atoms. The summed E-state index contributed by atoms with van der Waals surface area (Å²) in [6.45, 7) is 0. The molecule has 110 valence electrons. The Hall–Kier alpha value is -2.10. The van der Waals surface area contributed by atoms with E-state index in [4.69, 9.17) is 0 Å². The number of nitrogens with zero attached hydrogens (tertiary/aromatic N) is 2. The van der Waals surface area contributed by atoms with Gasteiger partial charge in [-0.2, -0.15) is 0 Å². The Morgan fingerprint density at radius 3 is 2.52 bits per heavy atom. The fourth-order valence-corrected chi connectivity index (χ4v) is 2.94. The first-order valence-corrected chi connectivity index (χ1v) is 7.73. The van der Waals surface area contributed by atoms with Crippen molar-refractivity contribution in [2.45, 2.75) is 44.6 Å². The van der Waals surface area contributed by atoms with Crippen LogP contribution in [0.2, 0.25) is 0 Å². The van der Waals surface area contributed by atoms with Crippen LogP contribution in [0.15, 0.2) is 42.9 Å². The summed E-state index contributed by atoms with van der Waals surface area (Å²) >= 11 is 0. The summed E-state index contributed by atoms with van der Waals surface area (Å²) in [6.07, 6.45) is 10.5. The number of aromatic nitrogens is 2. The summed E-state index contributed by atoms with van der Waals surface area (Å²) in [5.74, 6) is -0.0248. The number of nitrogens with one attached hydrogen (secondary N) is 1. The fourth-order valence-electron chi connectivity index (χ4n) is 2.94. The predicted molar refractivity (Wildman–Crippen MR) is 82.5 cm³/mol. The Bertz CT molecular complexity index is 583. The molecule has 21 heavy (non-hydrogen) atoms. The van der Waals surface area contributed by atoms with Crippen LogP contribution in [-0.4, -0.2) is 21.5 Å². The second kappa shape index (κ2) is 6.57. The average molecular weight is 283 g/mol. The highest BCUT2D eigenvalue weighted by Gasteiger charge is 2.18. The highest BCUT2D eigenvalue weighted by atomic mass is 16.2. The minimum atomic E-state index is -0.0248. The lowest BCUT2D eigenvalue weighted by Crippen LogP contribution is -2.35. The van der Waals surface area contributed by atoms with Crippen LogP contribution < -0.4 is 5.32 Å². The van der Waals surface area contributed by atoms with Gasteiger partial charge in [0.15, 0.2) is 0 Å². The molecule has 1 aromatic carbocycles. The molecule has 1 N–H and O–H groups in total. The molecule has 0 bridgehead atoms. The number of amides is 1. The van der Waals surface area contributed by atoms with Crippen molar-refractivity contribution in [3.8, 4) is 5.69 Å². The summed E-state index contributed by atoms with van der Waals surface area (Å²) in [5.41, 5.74) is 1.56. The molecule has 0 saturated heterocycles. The number of carbonyl (C=O) groups excluding carboxylic acids is 1. The van der Waals surface area contributed by atoms with E-state index in [1.54, 1.807) is 12.5 Å². The van der Waals surface area contributed by atoms with Crippen molar-refractivity contribution in [3.63, 3.8) is 0 Å². The van der Waals surface area contributed by atoms with Crippen molar-refractivity contribution < 1.29 is 4.79 Å². The van der Waals surface area contributed by atoms with Gasteiger partial charge in [0.1, 0.15) is 5.69 Å². The molecule has 0 unspecified atom stereocenters. The van der Waals surface area contributed by atoms with E-state index in [2.05, 4.69) is 10.3 Å². The number of imidazole rings is 1. The van der Waals surface area contributed by atoms with Gasteiger partial charge in [-0.15, -0.1) is 0 Å². The third-order valence-electron chi connectivity index (χ3n) is 4.10. The van der Waals surface area contributed by atoms with Gasteiger partial charge in [0, 0.05) is 11.7 Å². The predicted octanol–water partition coefficient (Wildman–Crippen LogP) is 3.32. The number of para-hydroxylation sites is 1. The van der Waals surface area contributed by atoms with Crippen molar-refractivity contribution in [3.05, 3.63) is 48.5 Å². The van der Waals surface area contributed by atoms with E-state index < -0.39 is 0 Å². The van der Waals surface area contributed by atoms with Gasteiger partial charge >= 0.3 is 0 Å². The molecule has 1 aliphatic carbocycles. The normalized spacial score (nSPS) is 16.4. The number of hydrogen-bond acceptors (Lipinski definition) is 2. The van der Waals surface area contributed by atoms with Crippen LogP contribution in [0.4, 0.5) is 0 Å². The molecule has 1 aromatic heterocycles. The smallest absolute Gasteiger partial charge is 0.270 e. The first kappa shape index (κ1) is 13.9. The maximum Gasteiger partial charge on any atom is 0.270 e. The van der Waals surface area contributed by atoms with Gasteiger partial charge in [-0.05, 0) is 25.0 Å². The molecule has 1 aliphatic rings. The molecule has 3 rings (SSSR count). The van der Waals surface area contributed by atoms with Crippen molar-refractivity contribution in [1.29, 1.82) is 0 Å². The van der Waals surface area contributed by atoms with Crippen molar-refractivity contribution in [1.82, 2.24) is 14.9 Å². The van der Waals surface area contributed by atoms with Crippen molar-refractivity contribution >= 4 is 5.91 Å². The topological polar surface area (TPSA) is 46.9 Å². The van der Waals surface area contributed by atoms with Crippen LogP contribution in [0.5, 0.6) is 0 Å². The SMILES string of the molecule is O=C(NC1CCCCCC1)c1cncn1-c1ccccc1. The Labute approximate surface area is 125 Å². The van der Waals surface area contributed by atoms with Crippen LogP contribution in [0.1, 0.15) is 49.0 Å². The standard InChI is InChI=1S/C17H21N3O/c21-17(19-14-8-4-1-2-5-9-14)16-12-18-13-20(16)15-10-6-3-7-11-15/h3,6-7,10-14H,1-2,4-5,8-9H2,(H,19,21). The molecule has 1 fully saturated rings. The Kier molecular flexibility index (Phi) is 4.34. The third kappa shape index (κ3) is 3.32. The zero-order valence-electron chi connectivity index (χ0n) is 12.2. The molecule has 4 heteroatoms. The van der Waals surface area contributed by atoms with Crippen LogP contribution >= 0.6 is 0 Å². The lowest BCUT2D eigenvalue weighted by molar-refractivity contribution is 0.0926. The molecule has 0 atom stereocenters. The maximum absolute atomic E-state index is 12.5. The molecule has 1 saturated carbocycles. The molecule has 0 aliphatic heterocycles. The van der Waals surface area contributed by atoms with Crippen LogP contribution in [0.25, 0.3) is 5.69 Å². The second-order valence-corrected chi connectivity index (χ2v) is 5.65. The summed E-state index contributed by atoms with van der Waals surface area (Å²) in [5, 5.41) is 3.17. The summed E-state index contributed by atoms with van der Waals surface area (Å²) < 4.78 is 1.84. The van der Waals surface area contributed by atoms with Gasteiger partial charge in [0.2, 0.25) is 0 Å². The molecule has 4 nitrogen and oxygen atoms in total. The highest BCUT2D eigenvalue weighted by molar-refractivity contribution is 5.93. The molecule has 2 aromatic rings. The van der Waals surface area contributed by atoms with Crippen molar-refractivity contribution in [2.24, 2.45) is 0 Å². The van der Waals surface area contributed by atoms with E-state index in [0.29, 0.717) is 11.7 Å². The first-order chi connectivity index (χ1) is 10.3. The maximum atomic E-state index is 12.5. The average Bonchev–Trinajstić information content (AvgIpc) is 2.87. The van der Waals surface area contributed by atoms with Crippen LogP contribution in [0, 0.1) is 0 Å². The van der Waals surface area contributed by atoms with Crippen molar-refractivity contribution in [2.75, 3.05) is 0 Å². The minimum absolute atomic E-state index is 0.0248. The Morgan fingerprint density at radius 2 is 1.81 bits per heavy atom. The number of hydrogen-bond donors (Lipinski definition) is 1. The van der Waals surface area contributed by atoms with Gasteiger partial charge < -0.3 is 5.32 Å². The zero-order chi connectivity index (χ0) is 14.5. The van der Waals surface area contributed by atoms with E-state index in [-0.39, 0.29) is 5.91 Å². The molecule has 1 heterocycles. The Balaban J connectivity index is 1.75. The first-order valence-electron chi connectivity index (χ1n) is 7.73. The van der Waals surface area contributed by atoms with E-state index in [1.807, 2.05) is 34.9 Å². The van der Waals surface area contributed by atoms with Gasteiger partial charge in [-0.1, -0.05) is 43.9 Å². The van der Waals surface area contributed by atoms with Gasteiger partial charge in [0.25, 0.3) is 5.91 Å². The molecular formula is C17H21N3O. The molecule has 1 amide bonds. The quantitative estimate of drug-likeness (QED) is 0.878. The van der Waals surface area contributed by atoms with Gasteiger partial charge in [0.05, 0.1) is 12.5 Å². The van der Waals surface area contributed by atoms with Gasteiger partial charge in [-0.25, -0.2) is 4.98 Å². The zero-order valence-corrected chi connectivity index (χ0v) is 12.2. The summed E-state index contributed by atoms with van der Waals surface area (Å²) in [6, 6.07) is 10.1. The largest absolute Gasteiger partial charge is 0.348 e. The lowest BCUT2D eigenvalue weighted by Gasteiger charge is -2.16. The summed E-state index contributed by atoms with van der Waals surface area (Å²) in [4.78, 5) is 16.6. The summed E-state index contributed by atoms with van der Waals surface area (Å²) in [7, 11) is 0. The van der Waals surface area contributed by atoms with E-state index in [0.717, 1.165) is 18.5 Å². The fraction of sp³-hybridized carbons (Fsp3) is 0.412. The van der Waals surface area contributed by atoms with Crippen LogP contribution in [0.3, 0.4) is 0 Å². The molecule has 0 radical (unpaired) electrons. The third-order valence-corrected chi connectivity index (χ3v) is 4.10. The highest BCUT2D eigenvalue weighted by Crippen LogP contribution is 2.18. The van der Waals surface area contributed by atoms with E-state index in [1.165, 1.54) is 25.7 Å². The lowest BCUT2D eigenvalue weighted by atomic mass is 10.1. The van der Waals surface area contributed by atoms with Crippen LogP contribution in [-0.2, 0) is 0 Å². The van der Waals surface area contributed by atoms with E-state index >= 15 is 0 Å².